The number of benzene rings is 3. The lowest BCUT2D eigenvalue weighted by atomic mass is 10.2. The third kappa shape index (κ3) is 8.12. The van der Waals surface area contributed by atoms with Crippen LogP contribution in [0.2, 0.25) is 0 Å². The van der Waals surface area contributed by atoms with E-state index in [9.17, 15) is 13.2 Å². The van der Waals surface area contributed by atoms with Crippen LogP contribution in [0.4, 0.5) is 11.4 Å². The third-order valence-corrected chi connectivity index (χ3v) is 6.06. The topological polar surface area (TPSA) is 78.5 Å². The van der Waals surface area contributed by atoms with Gasteiger partial charge in [-0.25, -0.2) is 8.42 Å². The van der Waals surface area contributed by atoms with Crippen molar-refractivity contribution in [1.82, 2.24) is 5.32 Å². The summed E-state index contributed by atoms with van der Waals surface area (Å²) in [7, 11) is -1.59. The Balaban J connectivity index is 1.41. The Hall–Kier alpha value is -3.58. The summed E-state index contributed by atoms with van der Waals surface area (Å²) in [5.74, 6) is -0.176. The van der Waals surface area contributed by atoms with Crippen LogP contribution in [-0.2, 0) is 10.0 Å². The van der Waals surface area contributed by atoms with E-state index in [1.807, 2.05) is 48.5 Å². The Morgan fingerprint density at radius 3 is 2.18 bits per heavy atom. The number of anilines is 2. The number of unbranched alkanes of at least 4 members (excludes halogenated alkanes) is 1. The third-order valence-electron chi connectivity index (χ3n) is 5.05. The average Bonchev–Trinajstić information content (AvgIpc) is 2.84. The van der Waals surface area contributed by atoms with Gasteiger partial charge in [0.25, 0.3) is 15.9 Å². The Bertz CT molecular complexity index is 1150. The fourth-order valence-corrected chi connectivity index (χ4v) is 4.08. The van der Waals surface area contributed by atoms with Crippen LogP contribution in [0.25, 0.3) is 6.08 Å². The summed E-state index contributed by atoms with van der Waals surface area (Å²) < 4.78 is 27.0. The van der Waals surface area contributed by atoms with Crippen LogP contribution in [0.1, 0.15) is 28.8 Å². The standard InChI is InChI=1S/C26H29N3O3S/c1-29(25-12-6-3-7-13-25)20-9-8-19-27-26(30)23-14-16-24(17-15-23)28-33(31,32)21-18-22-10-4-2-5-11-22/h2-7,10-18,21,28H,8-9,19-20H2,1H3,(H,27,30). The van der Waals surface area contributed by atoms with Gasteiger partial charge in [0.1, 0.15) is 0 Å². The van der Waals surface area contributed by atoms with Crippen molar-refractivity contribution < 1.29 is 13.2 Å². The Morgan fingerprint density at radius 2 is 1.52 bits per heavy atom. The normalized spacial score (nSPS) is 11.3. The smallest absolute Gasteiger partial charge is 0.255 e. The highest BCUT2D eigenvalue weighted by molar-refractivity contribution is 7.95. The molecule has 3 rings (SSSR count). The molecule has 0 fully saturated rings. The lowest BCUT2D eigenvalue weighted by Crippen LogP contribution is -2.25. The molecule has 0 aliphatic heterocycles. The van der Waals surface area contributed by atoms with E-state index in [-0.39, 0.29) is 5.91 Å². The summed E-state index contributed by atoms with van der Waals surface area (Å²) in [6.07, 6.45) is 3.36. The van der Waals surface area contributed by atoms with Gasteiger partial charge in [-0.3, -0.25) is 9.52 Å². The number of nitrogens with zero attached hydrogens (tertiary/aromatic N) is 1. The van der Waals surface area contributed by atoms with E-state index in [0.717, 1.165) is 30.4 Å². The van der Waals surface area contributed by atoms with Crippen LogP contribution >= 0.6 is 0 Å². The second-order valence-electron chi connectivity index (χ2n) is 7.66. The van der Waals surface area contributed by atoms with Crippen LogP contribution in [0, 0.1) is 0 Å². The lowest BCUT2D eigenvalue weighted by molar-refractivity contribution is 0.0953. The number of carbonyl (C=O) groups excluding carboxylic acids is 1. The molecule has 33 heavy (non-hydrogen) atoms. The highest BCUT2D eigenvalue weighted by atomic mass is 32.2. The number of hydrogen-bond donors (Lipinski definition) is 2. The quantitative estimate of drug-likeness (QED) is 0.403. The van der Waals surface area contributed by atoms with E-state index in [4.69, 9.17) is 0 Å². The predicted octanol–water partition coefficient (Wildman–Crippen LogP) is 4.75. The summed E-state index contributed by atoms with van der Waals surface area (Å²) in [4.78, 5) is 14.5. The number of sulfonamides is 1. The number of rotatable bonds is 11. The van der Waals surface area contributed by atoms with Crippen LogP contribution in [0.5, 0.6) is 0 Å². The average molecular weight is 464 g/mol. The molecule has 0 atom stereocenters. The molecular formula is C26H29N3O3S. The molecule has 7 heteroatoms. The number of amides is 1. The minimum atomic E-state index is -3.65. The molecule has 3 aromatic rings. The van der Waals surface area contributed by atoms with E-state index < -0.39 is 10.0 Å². The molecule has 3 aromatic carbocycles. The van der Waals surface area contributed by atoms with Crippen molar-refractivity contribution in [2.45, 2.75) is 12.8 Å². The van der Waals surface area contributed by atoms with Gasteiger partial charge >= 0.3 is 0 Å². The molecule has 0 aromatic heterocycles. The lowest BCUT2D eigenvalue weighted by Gasteiger charge is -2.19. The van der Waals surface area contributed by atoms with Crippen molar-refractivity contribution in [3.8, 4) is 0 Å². The second-order valence-corrected chi connectivity index (χ2v) is 9.22. The van der Waals surface area contributed by atoms with E-state index in [2.05, 4.69) is 34.1 Å². The van der Waals surface area contributed by atoms with Crippen molar-refractivity contribution in [3.63, 3.8) is 0 Å². The summed E-state index contributed by atoms with van der Waals surface area (Å²) in [5, 5.41) is 4.03. The van der Waals surface area contributed by atoms with Crippen molar-refractivity contribution >= 4 is 33.4 Å². The molecule has 2 N–H and O–H groups in total. The molecule has 0 spiro atoms. The highest BCUT2D eigenvalue weighted by Crippen LogP contribution is 2.14. The van der Waals surface area contributed by atoms with Crippen molar-refractivity contribution in [1.29, 1.82) is 0 Å². The molecule has 0 saturated heterocycles. The van der Waals surface area contributed by atoms with Crippen LogP contribution in [0.15, 0.2) is 90.3 Å². The molecule has 0 unspecified atom stereocenters. The summed E-state index contributed by atoms with van der Waals surface area (Å²) in [6, 6.07) is 25.7. The molecule has 172 valence electrons. The molecule has 0 heterocycles. The molecule has 1 amide bonds. The number of carbonyl (C=O) groups is 1. The fraction of sp³-hybridized carbons (Fsp3) is 0.192. The van der Waals surface area contributed by atoms with Crippen LogP contribution in [-0.4, -0.2) is 34.5 Å². The SMILES string of the molecule is CN(CCCCNC(=O)c1ccc(NS(=O)(=O)C=Cc2ccccc2)cc1)c1ccccc1. The van der Waals surface area contributed by atoms with Gasteiger partial charge in [-0.1, -0.05) is 48.5 Å². The van der Waals surface area contributed by atoms with Crippen molar-refractivity contribution in [2.24, 2.45) is 0 Å². The molecule has 0 aliphatic rings. The zero-order valence-corrected chi connectivity index (χ0v) is 19.5. The highest BCUT2D eigenvalue weighted by Gasteiger charge is 2.08. The predicted molar refractivity (Wildman–Crippen MR) is 136 cm³/mol. The van der Waals surface area contributed by atoms with E-state index >= 15 is 0 Å². The molecule has 0 radical (unpaired) electrons. The molecular weight excluding hydrogens is 434 g/mol. The molecule has 0 aliphatic carbocycles. The zero-order valence-electron chi connectivity index (χ0n) is 18.6. The molecule has 0 saturated carbocycles. The first-order valence-corrected chi connectivity index (χ1v) is 12.4. The first-order chi connectivity index (χ1) is 15.9. The Labute approximate surface area is 196 Å². The van der Waals surface area contributed by atoms with Gasteiger partial charge < -0.3 is 10.2 Å². The van der Waals surface area contributed by atoms with E-state index in [1.54, 1.807) is 24.3 Å². The van der Waals surface area contributed by atoms with Gasteiger partial charge in [0, 0.05) is 37.1 Å². The van der Waals surface area contributed by atoms with Crippen LogP contribution < -0.4 is 14.9 Å². The summed E-state index contributed by atoms with van der Waals surface area (Å²) in [5.41, 5.74) is 2.85. The van der Waals surface area contributed by atoms with Gasteiger partial charge in [0.15, 0.2) is 0 Å². The first-order valence-electron chi connectivity index (χ1n) is 10.8. The monoisotopic (exact) mass is 463 g/mol. The van der Waals surface area contributed by atoms with E-state index in [1.165, 1.54) is 11.8 Å². The minimum Gasteiger partial charge on any atom is -0.375 e. The number of nitrogens with one attached hydrogen (secondary N) is 2. The second kappa shape index (κ2) is 11.9. The maximum absolute atomic E-state index is 12.3. The van der Waals surface area contributed by atoms with Gasteiger partial charge in [-0.15, -0.1) is 0 Å². The number of para-hydroxylation sites is 1. The zero-order chi connectivity index (χ0) is 23.5. The summed E-state index contributed by atoms with van der Waals surface area (Å²) in [6.45, 7) is 1.49. The van der Waals surface area contributed by atoms with Crippen molar-refractivity contribution in [3.05, 3.63) is 101 Å². The Morgan fingerprint density at radius 1 is 0.879 bits per heavy atom. The maximum Gasteiger partial charge on any atom is 0.255 e. The van der Waals surface area contributed by atoms with Gasteiger partial charge in [0.05, 0.1) is 5.41 Å². The Kier molecular flexibility index (Phi) is 8.66. The van der Waals surface area contributed by atoms with E-state index in [0.29, 0.717) is 17.8 Å². The number of hydrogen-bond acceptors (Lipinski definition) is 4. The minimum absolute atomic E-state index is 0.176. The molecule has 0 bridgehead atoms. The van der Waals surface area contributed by atoms with Gasteiger partial charge in [0.2, 0.25) is 0 Å². The first kappa shape index (κ1) is 24.1. The maximum atomic E-state index is 12.3. The van der Waals surface area contributed by atoms with Gasteiger partial charge in [-0.2, -0.15) is 0 Å². The molecule has 6 nitrogen and oxygen atoms in total. The van der Waals surface area contributed by atoms with Crippen molar-refractivity contribution in [2.75, 3.05) is 29.8 Å². The fourth-order valence-electron chi connectivity index (χ4n) is 3.21. The summed E-state index contributed by atoms with van der Waals surface area (Å²) >= 11 is 0. The van der Waals surface area contributed by atoms with Gasteiger partial charge in [-0.05, 0) is 60.9 Å². The van der Waals surface area contributed by atoms with Crippen LogP contribution in [0.3, 0.4) is 0 Å². The largest absolute Gasteiger partial charge is 0.375 e.